The normalized spacial score (nSPS) is 20.3. The number of hydrogen-bond donors (Lipinski definition) is 2. The lowest BCUT2D eigenvalue weighted by Gasteiger charge is -2.36. The summed E-state index contributed by atoms with van der Waals surface area (Å²) >= 11 is 0. The smallest absolute Gasteiger partial charge is 0.393 e. The van der Waals surface area contributed by atoms with Gasteiger partial charge in [-0.15, -0.1) is 10.2 Å². The molecular weight excluding hydrogens is 487 g/mol. The third kappa shape index (κ3) is 3.71. The Kier molecular flexibility index (Phi) is 5.20. The molecule has 2 N–H and O–H groups in total. The summed E-state index contributed by atoms with van der Waals surface area (Å²) in [5, 5.41) is 18.2. The summed E-state index contributed by atoms with van der Waals surface area (Å²) in [5.74, 6) is 0.535. The molecule has 2 aliphatic rings. The van der Waals surface area contributed by atoms with Crippen LogP contribution in [0.4, 0.5) is 18.9 Å². The number of alkyl halides is 3. The maximum Gasteiger partial charge on any atom is 0.416 e. The quantitative estimate of drug-likeness (QED) is 0.433. The topological polar surface area (TPSA) is 104 Å². The van der Waals surface area contributed by atoms with Crippen molar-refractivity contribution < 1.29 is 23.1 Å². The van der Waals surface area contributed by atoms with Crippen molar-refractivity contribution in [2.75, 3.05) is 11.4 Å². The van der Waals surface area contributed by atoms with Gasteiger partial charge in [0.25, 0.3) is 11.5 Å². The van der Waals surface area contributed by atoms with Crippen molar-refractivity contribution >= 4 is 28.3 Å². The van der Waals surface area contributed by atoms with Crippen molar-refractivity contribution in [3.05, 3.63) is 68.8 Å². The first-order valence-corrected chi connectivity index (χ1v) is 12.1. The molecule has 8 nitrogen and oxygen atoms in total. The van der Waals surface area contributed by atoms with Crippen LogP contribution in [0.15, 0.2) is 35.1 Å². The molecule has 2 aromatic carbocycles. The van der Waals surface area contributed by atoms with Gasteiger partial charge in [0, 0.05) is 23.7 Å². The molecule has 1 aliphatic carbocycles. The van der Waals surface area contributed by atoms with Crippen molar-refractivity contribution in [3.63, 3.8) is 0 Å². The Morgan fingerprint density at radius 3 is 2.65 bits per heavy atom. The molecule has 0 bridgehead atoms. The van der Waals surface area contributed by atoms with Gasteiger partial charge < -0.3 is 15.0 Å². The second kappa shape index (κ2) is 8.14. The van der Waals surface area contributed by atoms with Gasteiger partial charge in [-0.05, 0) is 80.5 Å². The number of aliphatic hydroxyl groups is 1. The highest BCUT2D eigenvalue weighted by Gasteiger charge is 2.37. The lowest BCUT2D eigenvalue weighted by Crippen LogP contribution is -2.31. The number of aryl methyl sites for hydroxylation is 1. The van der Waals surface area contributed by atoms with Crippen LogP contribution >= 0.6 is 0 Å². The molecule has 37 heavy (non-hydrogen) atoms. The van der Waals surface area contributed by atoms with Gasteiger partial charge in [0.15, 0.2) is 0 Å². The first kappa shape index (κ1) is 23.7. The average Bonchev–Trinajstić information content (AvgIpc) is 3.42. The minimum atomic E-state index is -4.45. The Bertz CT molecular complexity index is 1630. The number of amides is 1. The first-order chi connectivity index (χ1) is 17.5. The van der Waals surface area contributed by atoms with Crippen LogP contribution in [0, 0.1) is 12.8 Å². The summed E-state index contributed by atoms with van der Waals surface area (Å²) in [6, 6.07) is 6.83. The SMILES string of the molecule is Cc1cc2c(cc1C(=O)N1CCc3cc(C(F)(F)F)ccc31)[nH]c(=O)c1nnc(C3CC(C(C)O)C3)n12. The molecular formula is C26H24F3N5O3. The molecule has 4 aromatic rings. The zero-order chi connectivity index (χ0) is 26.2. The van der Waals surface area contributed by atoms with Crippen LogP contribution in [-0.4, -0.2) is 43.2 Å². The van der Waals surface area contributed by atoms with Crippen molar-refractivity contribution in [3.8, 4) is 0 Å². The molecule has 6 rings (SSSR count). The van der Waals surface area contributed by atoms with Crippen LogP contribution in [0.25, 0.3) is 16.7 Å². The van der Waals surface area contributed by atoms with Crippen LogP contribution in [0.1, 0.15) is 58.6 Å². The van der Waals surface area contributed by atoms with E-state index in [2.05, 4.69) is 15.2 Å². The van der Waals surface area contributed by atoms with Gasteiger partial charge in [-0.1, -0.05) is 0 Å². The number of rotatable bonds is 3. The molecule has 1 atom stereocenters. The molecule has 192 valence electrons. The Labute approximate surface area is 208 Å². The van der Waals surface area contributed by atoms with Gasteiger partial charge in [-0.25, -0.2) is 0 Å². The number of halogens is 3. The molecule has 1 amide bonds. The molecule has 0 radical (unpaired) electrons. The zero-order valence-corrected chi connectivity index (χ0v) is 20.1. The third-order valence-corrected chi connectivity index (χ3v) is 7.72. The molecule has 2 aromatic heterocycles. The summed E-state index contributed by atoms with van der Waals surface area (Å²) in [7, 11) is 0. The van der Waals surface area contributed by atoms with Crippen LogP contribution < -0.4 is 10.5 Å². The summed E-state index contributed by atoms with van der Waals surface area (Å²) in [5.41, 5.74) is 2.01. The van der Waals surface area contributed by atoms with Crippen molar-refractivity contribution in [1.29, 1.82) is 0 Å². The number of carbonyl (C=O) groups excluding carboxylic acids is 1. The van der Waals surface area contributed by atoms with E-state index in [1.165, 1.54) is 11.0 Å². The number of carbonyl (C=O) groups is 1. The van der Waals surface area contributed by atoms with E-state index in [0.717, 1.165) is 25.0 Å². The number of aromatic nitrogens is 4. The van der Waals surface area contributed by atoms with E-state index in [4.69, 9.17) is 0 Å². The second-order valence-corrected chi connectivity index (χ2v) is 10.1. The van der Waals surface area contributed by atoms with E-state index in [1.54, 1.807) is 30.4 Å². The van der Waals surface area contributed by atoms with Gasteiger partial charge in [0.2, 0.25) is 5.65 Å². The van der Waals surface area contributed by atoms with Crippen LogP contribution in [0.3, 0.4) is 0 Å². The second-order valence-electron chi connectivity index (χ2n) is 10.1. The number of benzene rings is 2. The van der Waals surface area contributed by atoms with Crippen molar-refractivity contribution in [2.45, 2.75) is 51.3 Å². The third-order valence-electron chi connectivity index (χ3n) is 7.72. The van der Waals surface area contributed by atoms with Crippen LogP contribution in [-0.2, 0) is 12.6 Å². The lowest BCUT2D eigenvalue weighted by molar-refractivity contribution is -0.137. The predicted molar refractivity (Wildman–Crippen MR) is 130 cm³/mol. The summed E-state index contributed by atoms with van der Waals surface area (Å²) in [6.45, 7) is 3.81. The number of hydrogen-bond acceptors (Lipinski definition) is 5. The van der Waals surface area contributed by atoms with E-state index in [9.17, 15) is 27.9 Å². The van der Waals surface area contributed by atoms with Gasteiger partial charge in [0.1, 0.15) is 5.82 Å². The molecule has 1 saturated carbocycles. The number of aliphatic hydroxyl groups excluding tert-OH is 1. The minimum absolute atomic E-state index is 0.0592. The first-order valence-electron chi connectivity index (χ1n) is 12.1. The summed E-state index contributed by atoms with van der Waals surface area (Å²) in [4.78, 5) is 30.6. The highest BCUT2D eigenvalue weighted by molar-refractivity contribution is 6.09. The van der Waals surface area contributed by atoms with Crippen molar-refractivity contribution in [1.82, 2.24) is 19.6 Å². The Hall–Kier alpha value is -3.73. The fourth-order valence-corrected chi connectivity index (χ4v) is 5.53. The van der Waals surface area contributed by atoms with E-state index in [0.29, 0.717) is 45.7 Å². The molecule has 11 heteroatoms. The highest BCUT2D eigenvalue weighted by Crippen LogP contribution is 2.43. The highest BCUT2D eigenvalue weighted by atomic mass is 19.4. The fourth-order valence-electron chi connectivity index (χ4n) is 5.53. The fraction of sp³-hybridized carbons (Fsp3) is 0.385. The largest absolute Gasteiger partial charge is 0.416 e. The number of nitrogens with one attached hydrogen (secondary N) is 1. The molecule has 0 spiro atoms. The number of aromatic amines is 1. The molecule has 0 saturated heterocycles. The Morgan fingerprint density at radius 2 is 1.95 bits per heavy atom. The van der Waals surface area contributed by atoms with E-state index in [-0.39, 0.29) is 29.9 Å². The van der Waals surface area contributed by atoms with E-state index >= 15 is 0 Å². The molecule has 1 unspecified atom stereocenters. The van der Waals surface area contributed by atoms with Crippen LogP contribution in [0.2, 0.25) is 0 Å². The minimum Gasteiger partial charge on any atom is -0.393 e. The molecule has 1 fully saturated rings. The Balaban J connectivity index is 1.40. The van der Waals surface area contributed by atoms with E-state index in [1.807, 2.05) is 0 Å². The predicted octanol–water partition coefficient (Wildman–Crippen LogP) is 3.98. The van der Waals surface area contributed by atoms with Crippen LogP contribution in [0.5, 0.6) is 0 Å². The maximum absolute atomic E-state index is 13.5. The lowest BCUT2D eigenvalue weighted by atomic mass is 9.72. The summed E-state index contributed by atoms with van der Waals surface area (Å²) in [6.07, 6.45) is -3.05. The van der Waals surface area contributed by atoms with Crippen molar-refractivity contribution in [2.24, 2.45) is 5.92 Å². The number of fused-ring (bicyclic) bond motifs is 4. The van der Waals surface area contributed by atoms with Gasteiger partial charge in [0.05, 0.1) is 22.7 Å². The van der Waals surface area contributed by atoms with Gasteiger partial charge >= 0.3 is 6.18 Å². The van der Waals surface area contributed by atoms with E-state index < -0.39 is 23.4 Å². The zero-order valence-electron chi connectivity index (χ0n) is 20.1. The monoisotopic (exact) mass is 511 g/mol. The maximum atomic E-state index is 13.5. The average molecular weight is 512 g/mol. The number of H-pyrrole nitrogens is 1. The molecule has 1 aliphatic heterocycles. The van der Waals surface area contributed by atoms with Gasteiger partial charge in [-0.2, -0.15) is 13.2 Å². The number of nitrogens with zero attached hydrogens (tertiary/aromatic N) is 4. The summed E-state index contributed by atoms with van der Waals surface area (Å²) < 4.78 is 41.1. The molecule has 3 heterocycles. The number of anilines is 1. The van der Waals surface area contributed by atoms with Gasteiger partial charge in [-0.3, -0.25) is 14.0 Å². The standard InChI is InChI=1S/C26H24F3N5O3/c1-12-7-21-19(30-24(36)23-32-31-22(34(21)23)16-8-15(9-16)13(2)35)11-18(12)25(37)33-6-5-14-10-17(26(27,28)29)3-4-20(14)33/h3-4,7,10-11,13,15-16,35H,5-6,8-9H2,1-2H3,(H,30,36). The Morgan fingerprint density at radius 1 is 1.19 bits per heavy atom.